The quantitative estimate of drug-likeness (QED) is 0.719. The van der Waals surface area contributed by atoms with Crippen molar-refractivity contribution in [3.63, 3.8) is 0 Å². The van der Waals surface area contributed by atoms with Crippen molar-refractivity contribution in [2.75, 3.05) is 52.4 Å². The summed E-state index contributed by atoms with van der Waals surface area (Å²) in [5.74, 6) is 0.340. The summed E-state index contributed by atoms with van der Waals surface area (Å²) in [6.45, 7) is 24.3. The first-order valence-corrected chi connectivity index (χ1v) is 11.1. The zero-order chi connectivity index (χ0) is 20.3. The first kappa shape index (κ1) is 22.7. The van der Waals surface area contributed by atoms with Crippen molar-refractivity contribution in [2.24, 2.45) is 16.2 Å². The van der Waals surface area contributed by atoms with Gasteiger partial charge in [-0.1, -0.05) is 48.5 Å². The minimum absolute atomic E-state index is 0.311. The van der Waals surface area contributed by atoms with Crippen LogP contribution in [0.15, 0.2) is 0 Å². The largest absolute Gasteiger partial charge is 0.342 e. The number of hydrogen-bond donors (Lipinski definition) is 0. The molecule has 2 saturated heterocycles. The van der Waals surface area contributed by atoms with Crippen molar-refractivity contribution < 1.29 is 4.79 Å². The van der Waals surface area contributed by atoms with Gasteiger partial charge in [0.2, 0.25) is 5.91 Å². The summed E-state index contributed by atoms with van der Waals surface area (Å²) >= 11 is 0. The standard InChI is InChI=1S/C23H45N3O/c1-21(2,3)9-8-12-24-15-17-25(18-16-24)19-20(27)26-13-10-23(7,11-14-26)22(4,5)6/h8-19H2,1-7H3. The average molecular weight is 380 g/mol. The van der Waals surface area contributed by atoms with Crippen molar-refractivity contribution in [3.8, 4) is 0 Å². The molecule has 2 rings (SSSR count). The van der Waals surface area contributed by atoms with Gasteiger partial charge in [-0.15, -0.1) is 0 Å². The van der Waals surface area contributed by atoms with Gasteiger partial charge in [0.25, 0.3) is 0 Å². The fourth-order valence-electron chi connectivity index (χ4n) is 4.29. The molecule has 0 aromatic carbocycles. The van der Waals surface area contributed by atoms with Crippen molar-refractivity contribution in [1.29, 1.82) is 0 Å². The van der Waals surface area contributed by atoms with Gasteiger partial charge in [0.05, 0.1) is 6.54 Å². The van der Waals surface area contributed by atoms with Crippen LogP contribution in [0.4, 0.5) is 0 Å². The van der Waals surface area contributed by atoms with E-state index in [1.165, 1.54) is 19.4 Å². The maximum Gasteiger partial charge on any atom is 0.236 e. The fourth-order valence-corrected chi connectivity index (χ4v) is 4.29. The van der Waals surface area contributed by atoms with Gasteiger partial charge in [0.15, 0.2) is 0 Å². The van der Waals surface area contributed by atoms with Crippen LogP contribution in [0, 0.1) is 16.2 Å². The van der Waals surface area contributed by atoms with Gasteiger partial charge in [-0.25, -0.2) is 0 Å². The first-order valence-electron chi connectivity index (χ1n) is 11.1. The van der Waals surface area contributed by atoms with E-state index in [0.717, 1.165) is 52.1 Å². The monoisotopic (exact) mass is 379 g/mol. The van der Waals surface area contributed by atoms with E-state index >= 15 is 0 Å². The Morgan fingerprint density at radius 2 is 1.37 bits per heavy atom. The van der Waals surface area contributed by atoms with Crippen LogP contribution in [0.3, 0.4) is 0 Å². The Morgan fingerprint density at radius 1 is 0.852 bits per heavy atom. The van der Waals surface area contributed by atoms with Gasteiger partial charge >= 0.3 is 0 Å². The highest BCUT2D eigenvalue weighted by Gasteiger charge is 2.40. The molecule has 2 aliphatic rings. The van der Waals surface area contributed by atoms with Gasteiger partial charge in [0.1, 0.15) is 0 Å². The Balaban J connectivity index is 1.68. The van der Waals surface area contributed by atoms with Crippen LogP contribution in [0.25, 0.3) is 0 Å². The highest BCUT2D eigenvalue weighted by atomic mass is 16.2. The second-order valence-electron chi connectivity index (χ2n) is 11.5. The Labute approximate surface area is 168 Å². The molecule has 0 aromatic rings. The van der Waals surface area contributed by atoms with Crippen molar-refractivity contribution >= 4 is 5.91 Å². The SMILES string of the molecule is CC(C)(C)CCCN1CCN(CC(=O)N2CCC(C)(C(C)(C)C)CC2)CC1. The normalized spacial score (nSPS) is 22.9. The van der Waals surface area contributed by atoms with Gasteiger partial charge in [-0.2, -0.15) is 0 Å². The summed E-state index contributed by atoms with van der Waals surface area (Å²) in [6, 6.07) is 0. The topological polar surface area (TPSA) is 26.8 Å². The minimum Gasteiger partial charge on any atom is -0.342 e. The lowest BCUT2D eigenvalue weighted by Gasteiger charge is -2.48. The number of rotatable bonds is 5. The van der Waals surface area contributed by atoms with Crippen LogP contribution >= 0.6 is 0 Å². The van der Waals surface area contributed by atoms with E-state index in [-0.39, 0.29) is 0 Å². The number of piperazine rings is 1. The molecule has 0 aliphatic carbocycles. The molecule has 2 heterocycles. The van der Waals surface area contributed by atoms with Crippen molar-refractivity contribution in [1.82, 2.24) is 14.7 Å². The lowest BCUT2D eigenvalue weighted by atomic mass is 9.63. The maximum absolute atomic E-state index is 12.8. The minimum atomic E-state index is 0.311. The van der Waals surface area contributed by atoms with Gasteiger partial charge < -0.3 is 9.80 Å². The maximum atomic E-state index is 12.8. The fraction of sp³-hybridized carbons (Fsp3) is 0.957. The van der Waals surface area contributed by atoms with E-state index in [2.05, 4.69) is 63.2 Å². The molecule has 2 fully saturated rings. The highest BCUT2D eigenvalue weighted by Crippen LogP contribution is 2.46. The first-order chi connectivity index (χ1) is 12.4. The van der Waals surface area contributed by atoms with Crippen LogP contribution in [0.1, 0.15) is 74.1 Å². The zero-order valence-electron chi connectivity index (χ0n) is 19.2. The van der Waals surface area contributed by atoms with E-state index < -0.39 is 0 Å². The lowest BCUT2D eigenvalue weighted by Crippen LogP contribution is -2.52. The van der Waals surface area contributed by atoms with Crippen LogP contribution in [-0.4, -0.2) is 73.0 Å². The second kappa shape index (κ2) is 8.82. The Kier molecular flexibility index (Phi) is 7.40. The Morgan fingerprint density at radius 3 is 1.85 bits per heavy atom. The van der Waals surface area contributed by atoms with E-state index in [4.69, 9.17) is 0 Å². The van der Waals surface area contributed by atoms with Crippen molar-refractivity contribution in [3.05, 3.63) is 0 Å². The van der Waals surface area contributed by atoms with Crippen LogP contribution in [0.2, 0.25) is 0 Å². The summed E-state index contributed by atoms with van der Waals surface area (Å²) in [4.78, 5) is 19.8. The predicted molar refractivity (Wildman–Crippen MR) is 115 cm³/mol. The van der Waals surface area contributed by atoms with Crippen LogP contribution < -0.4 is 0 Å². The highest BCUT2D eigenvalue weighted by molar-refractivity contribution is 5.78. The summed E-state index contributed by atoms with van der Waals surface area (Å²) < 4.78 is 0. The molecule has 0 spiro atoms. The number of nitrogens with zero attached hydrogens (tertiary/aromatic N) is 3. The molecule has 158 valence electrons. The van der Waals surface area contributed by atoms with E-state index in [1.54, 1.807) is 0 Å². The Bertz CT molecular complexity index is 473. The Hall–Kier alpha value is -0.610. The summed E-state index contributed by atoms with van der Waals surface area (Å²) in [7, 11) is 0. The molecule has 0 radical (unpaired) electrons. The molecule has 4 nitrogen and oxygen atoms in total. The number of carbonyl (C=O) groups is 1. The van der Waals surface area contributed by atoms with Gasteiger partial charge in [-0.05, 0) is 48.5 Å². The molecule has 0 N–H and O–H groups in total. The van der Waals surface area contributed by atoms with E-state index in [9.17, 15) is 4.79 Å². The molecule has 1 amide bonds. The average Bonchev–Trinajstić information content (AvgIpc) is 2.55. The zero-order valence-corrected chi connectivity index (χ0v) is 19.2. The van der Waals surface area contributed by atoms with Crippen LogP contribution in [-0.2, 0) is 4.79 Å². The second-order valence-corrected chi connectivity index (χ2v) is 11.5. The molecular formula is C23H45N3O. The molecule has 0 bridgehead atoms. The number of carbonyl (C=O) groups excluding carboxylic acids is 1. The van der Waals surface area contributed by atoms with Gasteiger partial charge in [-0.3, -0.25) is 9.69 Å². The van der Waals surface area contributed by atoms with Crippen LogP contribution in [0.5, 0.6) is 0 Å². The molecular weight excluding hydrogens is 334 g/mol. The number of amides is 1. The third kappa shape index (κ3) is 6.74. The summed E-state index contributed by atoms with van der Waals surface area (Å²) in [6.07, 6.45) is 4.82. The smallest absolute Gasteiger partial charge is 0.236 e. The summed E-state index contributed by atoms with van der Waals surface area (Å²) in [5, 5.41) is 0. The predicted octanol–water partition coefficient (Wildman–Crippen LogP) is 4.11. The molecule has 0 aromatic heterocycles. The van der Waals surface area contributed by atoms with E-state index in [1.807, 2.05) is 0 Å². The number of likely N-dealkylation sites (tertiary alicyclic amines) is 1. The molecule has 2 aliphatic heterocycles. The molecule has 4 heteroatoms. The molecule has 27 heavy (non-hydrogen) atoms. The third-order valence-electron chi connectivity index (χ3n) is 7.26. The number of hydrogen-bond acceptors (Lipinski definition) is 3. The molecule has 0 unspecified atom stereocenters. The molecule has 0 atom stereocenters. The van der Waals surface area contributed by atoms with E-state index in [0.29, 0.717) is 28.7 Å². The summed E-state index contributed by atoms with van der Waals surface area (Å²) in [5.41, 5.74) is 1.10. The third-order valence-corrected chi connectivity index (χ3v) is 7.26. The lowest BCUT2D eigenvalue weighted by molar-refractivity contribution is -0.136. The van der Waals surface area contributed by atoms with Crippen molar-refractivity contribution in [2.45, 2.75) is 74.1 Å². The van der Waals surface area contributed by atoms with Gasteiger partial charge in [0, 0.05) is 39.3 Å². The number of piperidine rings is 1. The molecule has 0 saturated carbocycles.